The largest absolute Gasteiger partial charge is 0.497 e. The number of carbonyl (C=O) groups is 3. The molecular weight excluding hydrogens is 1370 g/mol. The lowest BCUT2D eigenvalue weighted by Gasteiger charge is -2.28. The van der Waals surface area contributed by atoms with Crippen LogP contribution in [0.1, 0.15) is 44.5 Å². The summed E-state index contributed by atoms with van der Waals surface area (Å²) >= 11 is 0. The van der Waals surface area contributed by atoms with Gasteiger partial charge in [0.15, 0.2) is 34.9 Å². The van der Waals surface area contributed by atoms with E-state index in [1.807, 2.05) is 173 Å². The van der Waals surface area contributed by atoms with E-state index in [1.54, 1.807) is 7.11 Å². The van der Waals surface area contributed by atoms with Crippen LogP contribution in [0.5, 0.6) is 5.75 Å². The van der Waals surface area contributed by atoms with Gasteiger partial charge in [-0.2, -0.15) is 0 Å². The minimum Gasteiger partial charge on any atom is -0.497 e. The van der Waals surface area contributed by atoms with Gasteiger partial charge in [-0.05, 0) is 193 Å². The second-order valence-corrected chi connectivity index (χ2v) is 28.6. The predicted octanol–water partition coefficient (Wildman–Crippen LogP) is 11.1. The third kappa shape index (κ3) is 20.2. The van der Waals surface area contributed by atoms with Gasteiger partial charge >= 0.3 is 0 Å². The Morgan fingerprint density at radius 2 is 0.706 bits per heavy atom. The normalized spacial score (nSPS) is 13.9. The number of hydrogen-bond donors (Lipinski definition) is 3. The van der Waals surface area contributed by atoms with E-state index in [0.29, 0.717) is 70.0 Å². The molecule has 0 spiro atoms. The number of nitrogens with one attached hydrogen (secondary N) is 3. The molecule has 3 saturated heterocycles. The lowest BCUT2D eigenvalue weighted by atomic mass is 10.1. The zero-order chi connectivity index (χ0) is 75.9. The molecule has 0 atom stereocenters. The van der Waals surface area contributed by atoms with Gasteiger partial charge in [-0.15, -0.1) is 15.3 Å². The summed E-state index contributed by atoms with van der Waals surface area (Å²) < 4.78 is 27.7. The van der Waals surface area contributed by atoms with Crippen molar-refractivity contribution < 1.29 is 33.3 Å². The monoisotopic (exact) mass is 1470 g/mol. The second kappa shape index (κ2) is 35.5. The topological polar surface area (TPSA) is 234 Å². The van der Waals surface area contributed by atoms with E-state index in [1.165, 1.54) is 22.3 Å². The summed E-state index contributed by atoms with van der Waals surface area (Å²) in [5.74, 6) is 5.29. The number of aromatic nitrogens is 9. The van der Waals surface area contributed by atoms with Crippen LogP contribution < -0.4 is 35.4 Å². The van der Waals surface area contributed by atoms with Crippen molar-refractivity contribution in [1.82, 2.24) is 58.5 Å². The van der Waals surface area contributed by atoms with E-state index in [-0.39, 0.29) is 24.1 Å². The van der Waals surface area contributed by atoms with Gasteiger partial charge in [0.1, 0.15) is 22.3 Å². The number of rotatable bonds is 22. The molecule has 0 aliphatic carbocycles. The number of amides is 3. The fraction of sp³-hybridized carbons (Fsp3) is 0.321. The van der Waals surface area contributed by atoms with E-state index in [9.17, 15) is 14.4 Å². The lowest BCUT2D eigenvalue weighted by molar-refractivity contribution is -0.116. The molecule has 3 fully saturated rings. The van der Waals surface area contributed by atoms with Crippen LogP contribution in [0.15, 0.2) is 182 Å². The van der Waals surface area contributed by atoms with E-state index in [0.717, 1.165) is 155 Å². The minimum absolute atomic E-state index is 0.0404. The highest BCUT2D eigenvalue weighted by molar-refractivity contribution is 5.94. The maximum absolute atomic E-state index is 12.5. The SMILES string of the molecule is COc1ccc(CC(=O)Nc2ccc(-c3nc(N4CCOCC4)c4cc(CN(C)C)cn4n3)cc2)cc1.Cc1ccc(CC(=O)Nc2ccc(-c3nc(N4CCOCC4)c4cc(CN(C)C)cn4n3)cc2)cc1.Cc1cccc(CC(=O)Nc2ccc(-c3nc(N4CCOCC4)c4cc(CN(C)C)cn4n3)cc2)c1. The molecular formula is C84H96N18O7. The first-order valence-electron chi connectivity index (χ1n) is 36.9. The van der Waals surface area contributed by atoms with Gasteiger partial charge in [-0.25, -0.2) is 28.5 Å². The van der Waals surface area contributed by atoms with Crippen molar-refractivity contribution in [3.8, 4) is 39.9 Å². The summed E-state index contributed by atoms with van der Waals surface area (Å²) in [4.78, 5) is 65.7. The van der Waals surface area contributed by atoms with Crippen molar-refractivity contribution in [2.45, 2.75) is 52.7 Å². The number of anilines is 6. The van der Waals surface area contributed by atoms with Crippen LogP contribution in [0.25, 0.3) is 50.7 Å². The van der Waals surface area contributed by atoms with E-state index >= 15 is 0 Å². The number of benzene rings is 6. The summed E-state index contributed by atoms with van der Waals surface area (Å²) in [7, 11) is 14.0. The number of nitrogens with zero attached hydrogens (tertiary/aromatic N) is 15. The highest BCUT2D eigenvalue weighted by Gasteiger charge is 2.24. The third-order valence-corrected chi connectivity index (χ3v) is 18.7. The molecule has 0 radical (unpaired) electrons. The quantitative estimate of drug-likeness (QED) is 0.0572. The van der Waals surface area contributed by atoms with Crippen LogP contribution in [0, 0.1) is 13.8 Å². The summed E-state index contributed by atoms with van der Waals surface area (Å²) in [5, 5.41) is 23.4. The van der Waals surface area contributed by atoms with Crippen molar-refractivity contribution in [2.75, 3.05) is 159 Å². The maximum Gasteiger partial charge on any atom is 0.228 e. The number of morpholine rings is 3. The highest BCUT2D eigenvalue weighted by atomic mass is 16.5. The number of hydrogen-bond acceptors (Lipinski definition) is 19. The number of ether oxygens (including phenoxy) is 4. The van der Waals surface area contributed by atoms with Crippen molar-refractivity contribution in [1.29, 1.82) is 0 Å². The van der Waals surface area contributed by atoms with Crippen LogP contribution in [-0.4, -0.2) is 205 Å². The van der Waals surface area contributed by atoms with Crippen LogP contribution in [0.2, 0.25) is 0 Å². The molecule has 9 heterocycles. The highest BCUT2D eigenvalue weighted by Crippen LogP contribution is 2.32. The zero-order valence-electron chi connectivity index (χ0n) is 63.6. The van der Waals surface area contributed by atoms with Gasteiger partial charge in [0.2, 0.25) is 17.7 Å². The molecule has 25 heteroatoms. The van der Waals surface area contributed by atoms with Crippen LogP contribution >= 0.6 is 0 Å². The number of methoxy groups -OCH3 is 1. The number of carbonyl (C=O) groups excluding carboxylic acids is 3. The molecule has 15 rings (SSSR count). The van der Waals surface area contributed by atoms with Crippen LogP contribution in [0.3, 0.4) is 0 Å². The Morgan fingerprint density at radius 3 is 1.02 bits per heavy atom. The van der Waals surface area contributed by atoms with Gasteiger partial charge in [-0.1, -0.05) is 71.8 Å². The molecule has 6 aromatic heterocycles. The van der Waals surface area contributed by atoms with Crippen molar-refractivity contribution >= 4 is 68.8 Å². The molecule has 12 aromatic rings. The van der Waals surface area contributed by atoms with E-state index < -0.39 is 0 Å². The summed E-state index contributed by atoms with van der Waals surface area (Å²) in [6, 6.07) is 53.1. The zero-order valence-corrected chi connectivity index (χ0v) is 63.6. The molecule has 109 heavy (non-hydrogen) atoms. The summed E-state index contributed by atoms with van der Waals surface area (Å²) in [6.45, 7) is 15.4. The first-order valence-corrected chi connectivity index (χ1v) is 36.9. The number of fused-ring (bicyclic) bond motifs is 3. The molecule has 3 amide bonds. The molecule has 6 aromatic carbocycles. The van der Waals surface area contributed by atoms with Crippen molar-refractivity contribution in [3.05, 3.63) is 227 Å². The van der Waals surface area contributed by atoms with E-state index in [4.69, 9.17) is 49.2 Å². The predicted molar refractivity (Wildman–Crippen MR) is 429 cm³/mol. The van der Waals surface area contributed by atoms with Gasteiger partial charge in [0, 0.05) is 111 Å². The number of aryl methyl sites for hydroxylation is 2. The standard InChI is InChI=1S/C28H32N6O3.2C28H32N6O2/c1-32(2)18-21-16-25-28(33-12-14-37-15-13-33)30-27(31-34(25)19-21)22-6-8-23(9-7-22)29-26(35)17-20-4-10-24(36-3)11-5-20;1-20-4-6-21(7-5-20)17-26(35)29-24-10-8-23(9-11-24)27-30-28(33-12-14-36-15-13-33)25-16-22(18-32(2)3)19-34(25)31-27;1-20-5-4-6-21(15-20)17-26(35)29-24-9-7-23(8-10-24)27-30-28(33-11-13-36-14-12-33)25-16-22(18-32(2)3)19-34(25)31-27/h4-11,16,19H,12-15,17-18H2,1-3H3,(H,29,35);4-11,16,19H,12-15,17-18H2,1-3H3,(H,29,35);4-10,15-16,19H,11-14,17-18H2,1-3H3,(H,29,35). The molecule has 3 N–H and O–H groups in total. The Kier molecular flexibility index (Phi) is 24.7. The molecule has 25 nitrogen and oxygen atoms in total. The molecule has 0 saturated carbocycles. The fourth-order valence-corrected chi connectivity index (χ4v) is 13.4. The van der Waals surface area contributed by atoms with Crippen LogP contribution in [-0.2, 0) is 67.5 Å². The summed E-state index contributed by atoms with van der Waals surface area (Å²) in [5.41, 5.74) is 16.7. The smallest absolute Gasteiger partial charge is 0.228 e. The average Bonchev–Trinajstić information content (AvgIpc) is 1.68. The first kappa shape index (κ1) is 75.8. The molecule has 564 valence electrons. The molecule has 3 aliphatic rings. The first-order chi connectivity index (χ1) is 52.9. The Labute approximate surface area is 636 Å². The lowest BCUT2D eigenvalue weighted by Crippen LogP contribution is -2.37. The molecule has 0 unspecified atom stereocenters. The average molecular weight is 1470 g/mol. The van der Waals surface area contributed by atoms with Crippen molar-refractivity contribution in [3.63, 3.8) is 0 Å². The maximum atomic E-state index is 12.5. The Balaban J connectivity index is 0.000000144. The second-order valence-electron chi connectivity index (χ2n) is 28.6. The minimum atomic E-state index is -0.0778. The Bertz CT molecular complexity index is 5060. The van der Waals surface area contributed by atoms with Crippen molar-refractivity contribution in [2.24, 2.45) is 0 Å². The molecule has 0 bridgehead atoms. The van der Waals surface area contributed by atoms with Gasteiger partial charge in [0.05, 0.1) is 66.0 Å². The fourth-order valence-electron chi connectivity index (χ4n) is 13.4. The van der Waals surface area contributed by atoms with Gasteiger partial charge in [0.25, 0.3) is 0 Å². The Morgan fingerprint density at radius 1 is 0.385 bits per heavy atom. The Hall–Kier alpha value is -11.5. The van der Waals surface area contributed by atoms with Crippen LogP contribution in [0.4, 0.5) is 34.5 Å². The van der Waals surface area contributed by atoms with E-state index in [2.05, 4.69) is 124 Å². The summed E-state index contributed by atoms with van der Waals surface area (Å²) in [6.07, 6.45) is 7.19. The van der Waals surface area contributed by atoms with Gasteiger partial charge < -0.3 is 64.3 Å². The third-order valence-electron chi connectivity index (χ3n) is 18.7. The van der Waals surface area contributed by atoms with Gasteiger partial charge in [-0.3, -0.25) is 14.4 Å². The molecule has 3 aliphatic heterocycles.